The van der Waals surface area contributed by atoms with Gasteiger partial charge in [0.1, 0.15) is 17.5 Å². The maximum absolute atomic E-state index is 9.49. The molecule has 0 atom stereocenters. The van der Waals surface area contributed by atoms with Gasteiger partial charge in [0.15, 0.2) is 0 Å². The molecule has 9 nitrogen and oxygen atoms in total. The number of hydrogen-bond donors (Lipinski definition) is 1. The van der Waals surface area contributed by atoms with Crippen LogP contribution in [0.25, 0.3) is 17.3 Å². The first-order valence-electron chi connectivity index (χ1n) is 11.9. The first kappa shape index (κ1) is 24.2. The predicted molar refractivity (Wildman–Crippen MR) is 136 cm³/mol. The highest BCUT2D eigenvalue weighted by Gasteiger charge is 2.28. The van der Waals surface area contributed by atoms with Gasteiger partial charge in [-0.05, 0) is 59.2 Å². The summed E-state index contributed by atoms with van der Waals surface area (Å²) in [6.07, 6.45) is 11.3. The van der Waals surface area contributed by atoms with Gasteiger partial charge in [0, 0.05) is 42.7 Å². The highest BCUT2D eigenvalue weighted by molar-refractivity contribution is 5.68. The molecule has 0 bridgehead atoms. The number of hydrogen-bond acceptors (Lipinski definition) is 7. The molecule has 35 heavy (non-hydrogen) atoms. The lowest BCUT2D eigenvalue weighted by Gasteiger charge is -2.29. The van der Waals surface area contributed by atoms with Crippen molar-refractivity contribution in [1.82, 2.24) is 29.9 Å². The van der Waals surface area contributed by atoms with E-state index in [1.165, 1.54) is 0 Å². The molecule has 0 amide bonds. The molecule has 3 aromatic heterocycles. The van der Waals surface area contributed by atoms with E-state index in [1.807, 2.05) is 51.4 Å². The van der Waals surface area contributed by atoms with Crippen LogP contribution in [0.2, 0.25) is 0 Å². The molecule has 3 heterocycles. The maximum Gasteiger partial charge on any atom is 0.213 e. The quantitative estimate of drug-likeness (QED) is 0.484. The van der Waals surface area contributed by atoms with Crippen molar-refractivity contribution in [3.05, 3.63) is 53.9 Å². The lowest BCUT2D eigenvalue weighted by atomic mass is 9.92. The summed E-state index contributed by atoms with van der Waals surface area (Å²) in [4.78, 5) is 8.39. The van der Waals surface area contributed by atoms with E-state index in [4.69, 9.17) is 9.84 Å². The van der Waals surface area contributed by atoms with Crippen molar-refractivity contribution in [2.45, 2.75) is 64.1 Å². The van der Waals surface area contributed by atoms with Gasteiger partial charge in [-0.1, -0.05) is 6.07 Å². The second kappa shape index (κ2) is 10.1. The fourth-order valence-corrected chi connectivity index (χ4v) is 4.38. The average Bonchev–Trinajstić information content (AvgIpc) is 3.49. The zero-order valence-corrected chi connectivity index (χ0v) is 20.8. The Hall–Kier alpha value is -3.93. The van der Waals surface area contributed by atoms with Crippen LogP contribution < -0.4 is 10.1 Å². The van der Waals surface area contributed by atoms with Crippen molar-refractivity contribution >= 4 is 12.8 Å². The average molecular weight is 473 g/mol. The summed E-state index contributed by atoms with van der Waals surface area (Å²) >= 11 is 0. The van der Waals surface area contributed by atoms with Crippen molar-refractivity contribution in [3.8, 4) is 23.2 Å². The molecular weight excluding hydrogens is 440 g/mol. The molecule has 0 saturated heterocycles. The summed E-state index contributed by atoms with van der Waals surface area (Å²) in [5, 5.41) is 22.1. The molecule has 0 aliphatic heterocycles. The molecule has 0 spiro atoms. The standard InChI is InChI=1S/C26H32N8O/c1-18-22(14-23(28-4)29-5)34(32-25(18)19-15-31-33(16-19)26(2,3)17-27)20-9-11-21(12-10-20)35-24-8-6-7-13-30-24/h6-8,13-16,20-21,29H,4,9-12H2,1-3,5H3/b23-14+/t20-,21+. The van der Waals surface area contributed by atoms with Crippen LogP contribution >= 0.6 is 0 Å². The number of aliphatic imine (C=N–C) groups is 1. The van der Waals surface area contributed by atoms with E-state index in [2.05, 4.69) is 44.8 Å². The van der Waals surface area contributed by atoms with E-state index < -0.39 is 5.54 Å². The summed E-state index contributed by atoms with van der Waals surface area (Å²) in [6, 6.07) is 8.24. The molecule has 1 fully saturated rings. The number of ether oxygens (including phenoxy) is 1. The number of pyridine rings is 1. The minimum atomic E-state index is -0.741. The first-order chi connectivity index (χ1) is 16.9. The maximum atomic E-state index is 9.49. The van der Waals surface area contributed by atoms with Crippen molar-refractivity contribution in [1.29, 1.82) is 5.26 Å². The fraction of sp³-hybridized carbons (Fsp3) is 0.423. The number of aromatic nitrogens is 5. The van der Waals surface area contributed by atoms with Gasteiger partial charge in [0.05, 0.1) is 29.7 Å². The molecule has 0 unspecified atom stereocenters. The fourth-order valence-electron chi connectivity index (χ4n) is 4.38. The molecule has 3 aromatic rings. The minimum Gasteiger partial charge on any atom is -0.474 e. The molecule has 182 valence electrons. The van der Waals surface area contributed by atoms with Crippen LogP contribution in [0.3, 0.4) is 0 Å². The van der Waals surface area contributed by atoms with Gasteiger partial charge >= 0.3 is 0 Å². The minimum absolute atomic E-state index is 0.144. The Labute approximate surface area is 206 Å². The van der Waals surface area contributed by atoms with Crippen LogP contribution in [0.4, 0.5) is 0 Å². The van der Waals surface area contributed by atoms with Crippen molar-refractivity contribution < 1.29 is 4.74 Å². The Morgan fingerprint density at radius 3 is 2.71 bits per heavy atom. The van der Waals surface area contributed by atoms with Crippen LogP contribution in [-0.2, 0) is 5.54 Å². The normalized spacial score (nSPS) is 18.7. The number of nitrogens with one attached hydrogen (secondary N) is 1. The summed E-state index contributed by atoms with van der Waals surface area (Å²) in [7, 11) is 1.83. The molecule has 1 aliphatic rings. The Balaban J connectivity index is 1.63. The van der Waals surface area contributed by atoms with E-state index >= 15 is 0 Å². The molecule has 1 saturated carbocycles. The van der Waals surface area contributed by atoms with Crippen LogP contribution in [0.15, 0.2) is 47.6 Å². The van der Waals surface area contributed by atoms with Gasteiger partial charge in [-0.2, -0.15) is 15.5 Å². The summed E-state index contributed by atoms with van der Waals surface area (Å²) < 4.78 is 9.88. The molecule has 0 radical (unpaired) electrons. The second-order valence-electron chi connectivity index (χ2n) is 9.30. The SMILES string of the molecule is C=N/C(=C\c1c(C)c(-c2cnn(C(C)(C)C#N)c2)nn1[C@H]1CC[C@@H](Oc2ccccn2)CC1)NC. The third kappa shape index (κ3) is 5.11. The third-order valence-electron chi connectivity index (χ3n) is 6.51. The van der Waals surface area contributed by atoms with Gasteiger partial charge in [-0.25, -0.2) is 9.98 Å². The molecule has 1 aliphatic carbocycles. The van der Waals surface area contributed by atoms with Crippen LogP contribution in [0.5, 0.6) is 5.88 Å². The largest absolute Gasteiger partial charge is 0.474 e. The van der Waals surface area contributed by atoms with Crippen LogP contribution in [-0.4, -0.2) is 44.4 Å². The number of nitrogens with zero attached hydrogens (tertiary/aromatic N) is 7. The van der Waals surface area contributed by atoms with Gasteiger partial charge in [0.2, 0.25) is 5.88 Å². The number of nitriles is 1. The highest BCUT2D eigenvalue weighted by atomic mass is 16.5. The summed E-state index contributed by atoms with van der Waals surface area (Å²) in [6.45, 7) is 9.41. The molecule has 9 heteroatoms. The van der Waals surface area contributed by atoms with Gasteiger partial charge in [-0.3, -0.25) is 9.36 Å². The van der Waals surface area contributed by atoms with Crippen molar-refractivity contribution in [2.75, 3.05) is 7.05 Å². The molecule has 4 rings (SSSR count). The molecule has 1 N–H and O–H groups in total. The lowest BCUT2D eigenvalue weighted by molar-refractivity contribution is 0.124. The van der Waals surface area contributed by atoms with Crippen molar-refractivity contribution in [2.24, 2.45) is 4.99 Å². The number of rotatable bonds is 8. The Kier molecular flexibility index (Phi) is 7.01. The van der Waals surface area contributed by atoms with Gasteiger partial charge in [-0.15, -0.1) is 0 Å². The zero-order chi connectivity index (χ0) is 25.0. The van der Waals surface area contributed by atoms with E-state index in [0.29, 0.717) is 11.7 Å². The van der Waals surface area contributed by atoms with Crippen LogP contribution in [0, 0.1) is 18.3 Å². The topological polar surface area (TPSA) is 106 Å². The summed E-state index contributed by atoms with van der Waals surface area (Å²) in [5.74, 6) is 1.35. The van der Waals surface area contributed by atoms with E-state index in [-0.39, 0.29) is 12.1 Å². The first-order valence-corrected chi connectivity index (χ1v) is 11.9. The van der Waals surface area contributed by atoms with Crippen LogP contribution in [0.1, 0.15) is 56.8 Å². The second-order valence-corrected chi connectivity index (χ2v) is 9.30. The van der Waals surface area contributed by atoms with Gasteiger partial charge < -0.3 is 10.1 Å². The Morgan fingerprint density at radius 1 is 1.31 bits per heavy atom. The predicted octanol–water partition coefficient (Wildman–Crippen LogP) is 4.49. The summed E-state index contributed by atoms with van der Waals surface area (Å²) in [5.41, 5.74) is 3.00. The van der Waals surface area contributed by atoms with Crippen molar-refractivity contribution in [3.63, 3.8) is 0 Å². The lowest BCUT2D eigenvalue weighted by Crippen LogP contribution is -2.27. The third-order valence-corrected chi connectivity index (χ3v) is 6.51. The zero-order valence-electron chi connectivity index (χ0n) is 20.8. The Bertz CT molecular complexity index is 1240. The Morgan fingerprint density at radius 2 is 2.09 bits per heavy atom. The molecular formula is C26H32N8O. The van der Waals surface area contributed by atoms with E-state index in [9.17, 15) is 5.26 Å². The smallest absolute Gasteiger partial charge is 0.213 e. The van der Waals surface area contributed by atoms with Gasteiger partial charge in [0.25, 0.3) is 0 Å². The van der Waals surface area contributed by atoms with E-state index in [1.54, 1.807) is 17.1 Å². The molecule has 0 aromatic carbocycles. The monoisotopic (exact) mass is 472 g/mol. The van der Waals surface area contributed by atoms with E-state index in [0.717, 1.165) is 48.2 Å². The highest BCUT2D eigenvalue weighted by Crippen LogP contribution is 2.35.